The Morgan fingerprint density at radius 1 is 1.65 bits per heavy atom. The molecule has 0 unspecified atom stereocenters. The lowest BCUT2D eigenvalue weighted by molar-refractivity contribution is 0.0776. The summed E-state index contributed by atoms with van der Waals surface area (Å²) in [5.41, 5.74) is 0.634. The fraction of sp³-hybridized carbons (Fsp3) is 0.429. The number of ether oxygens (including phenoxy) is 1. The van der Waals surface area contributed by atoms with Gasteiger partial charge in [0, 0.05) is 37.9 Å². The van der Waals surface area contributed by atoms with Crippen molar-refractivity contribution in [3.05, 3.63) is 42.2 Å². The van der Waals surface area contributed by atoms with E-state index < -0.39 is 0 Å². The molecule has 2 atom stereocenters. The van der Waals surface area contributed by atoms with Crippen molar-refractivity contribution in [1.29, 1.82) is 0 Å². The number of imidazole rings is 1. The van der Waals surface area contributed by atoms with Crippen molar-refractivity contribution in [2.75, 3.05) is 6.61 Å². The zero-order valence-corrected chi connectivity index (χ0v) is 11.4. The Morgan fingerprint density at radius 3 is 3.30 bits per heavy atom. The molecule has 0 aromatic carbocycles. The summed E-state index contributed by atoms with van der Waals surface area (Å²) in [6.07, 6.45) is 7.76. The van der Waals surface area contributed by atoms with E-state index in [-0.39, 0.29) is 18.1 Å². The van der Waals surface area contributed by atoms with Crippen LogP contribution in [0.25, 0.3) is 0 Å². The molecule has 0 bridgehead atoms. The average molecular weight is 274 g/mol. The topological polar surface area (TPSA) is 71.9 Å². The maximum atomic E-state index is 12.1. The minimum Gasteiger partial charge on any atom is -0.368 e. The number of aromatic nitrogens is 3. The van der Waals surface area contributed by atoms with E-state index in [9.17, 15) is 4.79 Å². The number of carbonyl (C=O) groups excluding carboxylic acids is 1. The lowest BCUT2D eigenvalue weighted by Gasteiger charge is -2.20. The third kappa shape index (κ3) is 2.34. The van der Waals surface area contributed by atoms with Gasteiger partial charge in [0.1, 0.15) is 11.9 Å². The monoisotopic (exact) mass is 274 g/mol. The second kappa shape index (κ2) is 5.50. The summed E-state index contributed by atoms with van der Waals surface area (Å²) in [5, 5.41) is 3.03. The first-order valence-electron chi connectivity index (χ1n) is 6.86. The summed E-state index contributed by atoms with van der Waals surface area (Å²) in [5.74, 6) is 0.797. The smallest absolute Gasteiger partial charge is 0.253 e. The number of H-pyrrole nitrogens is 1. The summed E-state index contributed by atoms with van der Waals surface area (Å²) >= 11 is 0. The number of hydrogen-bond donors (Lipinski definition) is 2. The molecule has 6 heteroatoms. The first-order chi connectivity index (χ1) is 9.79. The van der Waals surface area contributed by atoms with E-state index >= 15 is 0 Å². The molecule has 3 heterocycles. The van der Waals surface area contributed by atoms with Gasteiger partial charge in [-0.15, -0.1) is 0 Å². The van der Waals surface area contributed by atoms with Crippen LogP contribution in [-0.4, -0.2) is 33.1 Å². The van der Waals surface area contributed by atoms with Gasteiger partial charge in [-0.1, -0.05) is 0 Å². The van der Waals surface area contributed by atoms with Crippen molar-refractivity contribution in [3.8, 4) is 0 Å². The van der Waals surface area contributed by atoms with E-state index in [0.717, 1.165) is 18.8 Å². The number of amides is 1. The molecular formula is C14H18N4O2. The Balaban J connectivity index is 1.74. The number of rotatable bonds is 4. The lowest BCUT2D eigenvalue weighted by Crippen LogP contribution is -2.37. The molecule has 1 fully saturated rings. The molecule has 20 heavy (non-hydrogen) atoms. The van der Waals surface area contributed by atoms with Crippen LogP contribution in [0.15, 0.2) is 30.9 Å². The van der Waals surface area contributed by atoms with Crippen LogP contribution in [0.2, 0.25) is 0 Å². The SMILES string of the molecule is CCn1ccnc1[C@H]1OCC[C@@H]1NC(=O)c1cc[nH]c1. The van der Waals surface area contributed by atoms with Gasteiger partial charge in [0.15, 0.2) is 0 Å². The van der Waals surface area contributed by atoms with Gasteiger partial charge in [0.2, 0.25) is 0 Å². The summed E-state index contributed by atoms with van der Waals surface area (Å²) < 4.78 is 7.81. The molecule has 2 aromatic heterocycles. The average Bonchev–Trinajstić information content (AvgIpc) is 3.19. The molecule has 1 saturated heterocycles. The number of nitrogens with zero attached hydrogens (tertiary/aromatic N) is 2. The maximum absolute atomic E-state index is 12.1. The van der Waals surface area contributed by atoms with Crippen molar-refractivity contribution < 1.29 is 9.53 Å². The van der Waals surface area contributed by atoms with Crippen LogP contribution in [0.3, 0.4) is 0 Å². The van der Waals surface area contributed by atoms with E-state index in [1.165, 1.54) is 0 Å². The van der Waals surface area contributed by atoms with E-state index in [4.69, 9.17) is 4.74 Å². The largest absolute Gasteiger partial charge is 0.368 e. The van der Waals surface area contributed by atoms with Crippen molar-refractivity contribution in [2.24, 2.45) is 0 Å². The zero-order chi connectivity index (χ0) is 13.9. The number of aromatic amines is 1. The first kappa shape index (κ1) is 12.9. The van der Waals surface area contributed by atoms with Gasteiger partial charge in [-0.2, -0.15) is 0 Å². The summed E-state index contributed by atoms with van der Waals surface area (Å²) in [6, 6.07) is 1.72. The minimum absolute atomic E-state index is 0.0369. The Labute approximate surface area is 117 Å². The molecule has 1 amide bonds. The third-order valence-electron chi connectivity index (χ3n) is 3.61. The van der Waals surface area contributed by atoms with Gasteiger partial charge in [0.25, 0.3) is 5.91 Å². The number of carbonyl (C=O) groups is 1. The fourth-order valence-electron chi connectivity index (χ4n) is 2.55. The quantitative estimate of drug-likeness (QED) is 0.887. The van der Waals surface area contributed by atoms with E-state index in [1.54, 1.807) is 24.7 Å². The van der Waals surface area contributed by atoms with Crippen LogP contribution in [0.5, 0.6) is 0 Å². The van der Waals surface area contributed by atoms with Crippen LogP contribution < -0.4 is 5.32 Å². The Bertz CT molecular complexity index is 576. The standard InChI is InChI=1S/C14H18N4O2/c1-2-18-7-6-16-13(18)12-11(4-8-20-12)17-14(19)10-3-5-15-9-10/h3,5-7,9,11-12,15H,2,4,8H2,1H3,(H,17,19)/t11-,12-/m0/s1. The molecule has 1 aliphatic heterocycles. The summed E-state index contributed by atoms with van der Waals surface area (Å²) in [6.45, 7) is 3.54. The Hall–Kier alpha value is -2.08. The molecule has 0 spiro atoms. The predicted molar refractivity (Wildman–Crippen MR) is 73.3 cm³/mol. The molecule has 0 aliphatic carbocycles. The molecule has 106 valence electrons. The molecule has 0 saturated carbocycles. The van der Waals surface area contributed by atoms with Gasteiger partial charge in [0.05, 0.1) is 11.6 Å². The summed E-state index contributed by atoms with van der Waals surface area (Å²) in [4.78, 5) is 19.4. The minimum atomic E-state index is -0.173. The van der Waals surface area contributed by atoms with Crippen LogP contribution in [0.4, 0.5) is 0 Å². The van der Waals surface area contributed by atoms with Gasteiger partial charge < -0.3 is 19.6 Å². The molecule has 3 rings (SSSR count). The Kier molecular flexibility index (Phi) is 3.56. The van der Waals surface area contributed by atoms with E-state index in [1.807, 2.05) is 10.8 Å². The van der Waals surface area contributed by atoms with Crippen molar-refractivity contribution >= 4 is 5.91 Å². The Morgan fingerprint density at radius 2 is 2.55 bits per heavy atom. The zero-order valence-electron chi connectivity index (χ0n) is 11.4. The molecule has 2 N–H and O–H groups in total. The highest BCUT2D eigenvalue weighted by Crippen LogP contribution is 2.28. The second-order valence-corrected chi connectivity index (χ2v) is 4.83. The maximum Gasteiger partial charge on any atom is 0.253 e. The number of aryl methyl sites for hydroxylation is 1. The van der Waals surface area contributed by atoms with Gasteiger partial charge in [-0.05, 0) is 19.4 Å². The van der Waals surface area contributed by atoms with E-state index in [0.29, 0.717) is 12.2 Å². The molecule has 1 aliphatic rings. The van der Waals surface area contributed by atoms with E-state index in [2.05, 4.69) is 22.2 Å². The van der Waals surface area contributed by atoms with Gasteiger partial charge >= 0.3 is 0 Å². The van der Waals surface area contributed by atoms with Crippen molar-refractivity contribution in [2.45, 2.75) is 32.0 Å². The van der Waals surface area contributed by atoms with Crippen molar-refractivity contribution in [1.82, 2.24) is 19.9 Å². The highest BCUT2D eigenvalue weighted by atomic mass is 16.5. The molecule has 0 radical (unpaired) electrons. The predicted octanol–water partition coefficient (Wildman–Crippen LogP) is 1.49. The lowest BCUT2D eigenvalue weighted by atomic mass is 10.1. The van der Waals surface area contributed by atoms with Crippen LogP contribution >= 0.6 is 0 Å². The highest BCUT2D eigenvalue weighted by Gasteiger charge is 2.33. The highest BCUT2D eigenvalue weighted by molar-refractivity contribution is 5.94. The van der Waals surface area contributed by atoms with Crippen LogP contribution in [0.1, 0.15) is 35.6 Å². The number of hydrogen-bond acceptors (Lipinski definition) is 3. The van der Waals surface area contributed by atoms with Crippen LogP contribution in [0, 0.1) is 0 Å². The van der Waals surface area contributed by atoms with Crippen molar-refractivity contribution in [3.63, 3.8) is 0 Å². The third-order valence-corrected chi connectivity index (χ3v) is 3.61. The number of nitrogens with one attached hydrogen (secondary N) is 2. The fourth-order valence-corrected chi connectivity index (χ4v) is 2.55. The van der Waals surface area contributed by atoms with Crippen LogP contribution in [-0.2, 0) is 11.3 Å². The molecule has 2 aromatic rings. The normalized spacial score (nSPS) is 22.1. The summed E-state index contributed by atoms with van der Waals surface area (Å²) in [7, 11) is 0. The second-order valence-electron chi connectivity index (χ2n) is 4.83. The van der Waals surface area contributed by atoms with Gasteiger partial charge in [-0.3, -0.25) is 4.79 Å². The molecule has 6 nitrogen and oxygen atoms in total. The first-order valence-corrected chi connectivity index (χ1v) is 6.86. The molecular weight excluding hydrogens is 256 g/mol. The van der Waals surface area contributed by atoms with Gasteiger partial charge in [-0.25, -0.2) is 4.98 Å².